The van der Waals surface area contributed by atoms with Crippen LogP contribution in [0.2, 0.25) is 0 Å². The van der Waals surface area contributed by atoms with Gasteiger partial charge in [-0.2, -0.15) is 0 Å². The van der Waals surface area contributed by atoms with Crippen LogP contribution in [0.4, 0.5) is 5.69 Å². The highest BCUT2D eigenvalue weighted by molar-refractivity contribution is 7.07. The third-order valence-electron chi connectivity index (χ3n) is 7.10. The number of nitrogens with zero attached hydrogens (tertiary/aromatic N) is 3. The zero-order valence-corrected chi connectivity index (χ0v) is 24.0. The van der Waals surface area contributed by atoms with Gasteiger partial charge in [-0.25, -0.2) is 9.79 Å². The van der Waals surface area contributed by atoms with Gasteiger partial charge >= 0.3 is 5.97 Å². The number of hydrogen-bond acceptors (Lipinski definition) is 7. The number of allylic oxidation sites excluding steroid dienone is 1. The minimum absolute atomic E-state index is 0.178. The lowest BCUT2D eigenvalue weighted by molar-refractivity contribution is -0.143. The lowest BCUT2D eigenvalue weighted by Crippen LogP contribution is -2.40. The number of anilines is 1. The molecule has 0 radical (unpaired) electrons. The van der Waals surface area contributed by atoms with Crippen molar-refractivity contribution in [1.29, 1.82) is 0 Å². The summed E-state index contributed by atoms with van der Waals surface area (Å²) in [7, 11) is 0. The van der Waals surface area contributed by atoms with Gasteiger partial charge in [0.25, 0.3) is 5.56 Å². The van der Waals surface area contributed by atoms with E-state index >= 15 is 0 Å². The Morgan fingerprint density at radius 1 is 1.13 bits per heavy atom. The van der Waals surface area contributed by atoms with E-state index in [0.717, 1.165) is 35.5 Å². The summed E-state index contributed by atoms with van der Waals surface area (Å²) in [5, 5.41) is 0. The molecule has 0 saturated carbocycles. The molecule has 1 atom stereocenters. The van der Waals surface area contributed by atoms with Crippen molar-refractivity contribution >= 4 is 29.1 Å². The number of esters is 1. The molecule has 5 rings (SSSR count). The van der Waals surface area contributed by atoms with Crippen molar-refractivity contribution in [1.82, 2.24) is 4.57 Å². The Bertz CT molecular complexity index is 1590. The number of benzene rings is 2. The maximum atomic E-state index is 13.9. The molecule has 0 spiro atoms. The summed E-state index contributed by atoms with van der Waals surface area (Å²) in [6.07, 6.45) is 4.09. The Morgan fingerprint density at radius 2 is 1.85 bits per heavy atom. The van der Waals surface area contributed by atoms with E-state index in [-0.39, 0.29) is 11.7 Å². The van der Waals surface area contributed by atoms with Crippen LogP contribution in [-0.2, 0) is 9.53 Å². The number of ether oxygens (including phenoxy) is 2. The first-order valence-corrected chi connectivity index (χ1v) is 14.4. The first-order chi connectivity index (χ1) is 18.8. The number of aromatic nitrogens is 1. The average Bonchev–Trinajstić information content (AvgIpc) is 3.53. The molecule has 1 fully saturated rings. The second kappa shape index (κ2) is 11.2. The monoisotopic (exact) mass is 545 g/mol. The summed E-state index contributed by atoms with van der Waals surface area (Å²) in [6.45, 7) is 12.2. The summed E-state index contributed by atoms with van der Waals surface area (Å²) in [5.41, 5.74) is 4.88. The highest BCUT2D eigenvalue weighted by Crippen LogP contribution is 2.32. The number of carbonyl (C=O) groups is 1. The Morgan fingerprint density at radius 3 is 2.49 bits per heavy atom. The highest BCUT2D eigenvalue weighted by atomic mass is 32.1. The van der Waals surface area contributed by atoms with Gasteiger partial charge in [-0.15, -0.1) is 0 Å². The average molecular weight is 546 g/mol. The van der Waals surface area contributed by atoms with Crippen LogP contribution >= 0.6 is 11.3 Å². The predicted molar refractivity (Wildman–Crippen MR) is 155 cm³/mol. The molecule has 2 aliphatic rings. The van der Waals surface area contributed by atoms with Crippen molar-refractivity contribution in [3.05, 3.63) is 90.1 Å². The van der Waals surface area contributed by atoms with Crippen LogP contribution in [-0.4, -0.2) is 36.3 Å². The smallest absolute Gasteiger partial charge is 0.338 e. The van der Waals surface area contributed by atoms with Gasteiger partial charge in [-0.3, -0.25) is 9.36 Å². The molecule has 0 N–H and O–H groups in total. The summed E-state index contributed by atoms with van der Waals surface area (Å²) >= 11 is 1.34. The zero-order chi connectivity index (χ0) is 27.7. The summed E-state index contributed by atoms with van der Waals surface area (Å²) in [5.74, 6) is 0.265. The van der Waals surface area contributed by atoms with Gasteiger partial charge in [0.15, 0.2) is 4.80 Å². The predicted octanol–water partition coefficient (Wildman–Crippen LogP) is 4.49. The van der Waals surface area contributed by atoms with Gasteiger partial charge in [0, 0.05) is 18.8 Å². The van der Waals surface area contributed by atoms with Crippen LogP contribution in [0.25, 0.3) is 6.08 Å². The largest absolute Gasteiger partial charge is 0.494 e. The van der Waals surface area contributed by atoms with E-state index in [2.05, 4.69) is 30.0 Å². The SMILES string of the molecule is CCOc1ccc([C@@H]2C(C(=O)OC(C)C)=C(C)N=c3s/c(=C\c4ccc(N5CCCC5)cc4C)c(=O)n32)cc1. The zero-order valence-electron chi connectivity index (χ0n) is 23.2. The highest BCUT2D eigenvalue weighted by Gasteiger charge is 2.33. The van der Waals surface area contributed by atoms with Crippen molar-refractivity contribution in [3.8, 4) is 5.75 Å². The van der Waals surface area contributed by atoms with E-state index in [1.165, 1.54) is 29.9 Å². The van der Waals surface area contributed by atoms with Gasteiger partial charge in [-0.1, -0.05) is 29.5 Å². The molecule has 3 heterocycles. The third kappa shape index (κ3) is 5.43. The molecule has 204 valence electrons. The van der Waals surface area contributed by atoms with Crippen LogP contribution in [0, 0.1) is 6.92 Å². The molecule has 0 unspecified atom stereocenters. The van der Waals surface area contributed by atoms with Gasteiger partial charge in [0.05, 0.1) is 34.6 Å². The van der Waals surface area contributed by atoms with Crippen LogP contribution in [0.15, 0.2) is 63.5 Å². The van der Waals surface area contributed by atoms with Gasteiger partial charge < -0.3 is 14.4 Å². The lowest BCUT2D eigenvalue weighted by Gasteiger charge is -2.25. The molecular formula is C31H35N3O4S. The van der Waals surface area contributed by atoms with Gasteiger partial charge in [0.1, 0.15) is 5.75 Å². The van der Waals surface area contributed by atoms with E-state index in [1.807, 2.05) is 51.1 Å². The van der Waals surface area contributed by atoms with Crippen molar-refractivity contribution in [3.63, 3.8) is 0 Å². The molecule has 39 heavy (non-hydrogen) atoms. The maximum Gasteiger partial charge on any atom is 0.338 e. The molecular weight excluding hydrogens is 510 g/mol. The maximum absolute atomic E-state index is 13.9. The molecule has 1 saturated heterocycles. The number of fused-ring (bicyclic) bond motifs is 1. The lowest BCUT2D eigenvalue weighted by atomic mass is 9.96. The second-order valence-electron chi connectivity index (χ2n) is 10.3. The summed E-state index contributed by atoms with van der Waals surface area (Å²) in [4.78, 5) is 34.9. The minimum Gasteiger partial charge on any atom is -0.494 e. The number of carbonyl (C=O) groups excluding carboxylic acids is 1. The number of thiazole rings is 1. The quantitative estimate of drug-likeness (QED) is 0.409. The van der Waals surface area contributed by atoms with Gasteiger partial charge in [0.2, 0.25) is 0 Å². The Kier molecular flexibility index (Phi) is 7.75. The number of aryl methyl sites for hydroxylation is 1. The fourth-order valence-electron chi connectivity index (χ4n) is 5.22. The normalized spacial score (nSPS) is 17.4. The van der Waals surface area contributed by atoms with E-state index < -0.39 is 12.0 Å². The van der Waals surface area contributed by atoms with Crippen LogP contribution in [0.3, 0.4) is 0 Å². The Balaban J connectivity index is 1.61. The van der Waals surface area contributed by atoms with Crippen molar-refractivity contribution in [2.24, 2.45) is 4.99 Å². The Hall–Kier alpha value is -3.65. The van der Waals surface area contributed by atoms with Crippen LogP contribution < -0.4 is 24.5 Å². The van der Waals surface area contributed by atoms with Crippen LogP contribution in [0.5, 0.6) is 5.75 Å². The van der Waals surface area contributed by atoms with E-state index in [9.17, 15) is 9.59 Å². The topological polar surface area (TPSA) is 73.1 Å². The summed E-state index contributed by atoms with van der Waals surface area (Å²) < 4.78 is 13.4. The van der Waals surface area contributed by atoms with E-state index in [4.69, 9.17) is 14.5 Å². The first kappa shape index (κ1) is 26.9. The van der Waals surface area contributed by atoms with Gasteiger partial charge in [-0.05, 0) is 94.5 Å². The van der Waals surface area contributed by atoms with E-state index in [1.54, 1.807) is 11.5 Å². The molecule has 0 aliphatic carbocycles. The second-order valence-corrected chi connectivity index (χ2v) is 11.3. The number of rotatable bonds is 7. The molecule has 2 aliphatic heterocycles. The molecule has 3 aromatic rings. The molecule has 7 nitrogen and oxygen atoms in total. The third-order valence-corrected chi connectivity index (χ3v) is 8.09. The molecule has 1 aromatic heterocycles. The standard InChI is InChI=1S/C31H35N3O4S/c1-6-37-25-13-10-22(11-14-25)28-27(30(36)38-19(2)3)21(5)32-31-34(28)29(35)26(39-31)18-23-9-12-24(17-20(23)4)33-15-7-8-16-33/h9-14,17-19,28H,6-8,15-16H2,1-5H3/b26-18-/t28-/m1/s1. The van der Waals surface area contributed by atoms with Crippen molar-refractivity contribution in [2.75, 3.05) is 24.6 Å². The minimum atomic E-state index is -0.649. The Labute approximate surface area is 232 Å². The molecule has 8 heteroatoms. The van der Waals surface area contributed by atoms with Crippen molar-refractivity contribution < 1.29 is 14.3 Å². The molecule has 0 amide bonds. The number of hydrogen-bond donors (Lipinski definition) is 0. The summed E-state index contributed by atoms with van der Waals surface area (Å²) in [6, 6.07) is 13.3. The first-order valence-electron chi connectivity index (χ1n) is 13.6. The molecule has 2 aromatic carbocycles. The fraction of sp³-hybridized carbons (Fsp3) is 0.387. The van der Waals surface area contributed by atoms with E-state index in [0.29, 0.717) is 27.2 Å². The fourth-order valence-corrected chi connectivity index (χ4v) is 6.26. The molecule has 0 bridgehead atoms. The van der Waals surface area contributed by atoms with Crippen molar-refractivity contribution in [2.45, 2.75) is 59.6 Å². The van der Waals surface area contributed by atoms with Crippen LogP contribution in [0.1, 0.15) is 63.3 Å².